The molecule has 0 aromatic heterocycles. The smallest absolute Gasteiger partial charge is 0.0716 e. The summed E-state index contributed by atoms with van der Waals surface area (Å²) < 4.78 is 5.68. The minimum absolute atomic E-state index is 0.494. The molecule has 0 aliphatic heterocycles. The Morgan fingerprint density at radius 3 is 2.35 bits per heavy atom. The van der Waals surface area contributed by atoms with Gasteiger partial charge in [0.05, 0.1) is 6.61 Å². The molecule has 1 aromatic carbocycles. The normalized spacial score (nSPS) is 12.2. The highest BCUT2D eigenvalue weighted by atomic mass is 79.9. The van der Waals surface area contributed by atoms with Crippen LogP contribution in [-0.4, -0.2) is 11.4 Å². The predicted molar refractivity (Wildman–Crippen MR) is 91.3 cm³/mol. The molecule has 0 radical (unpaired) electrons. The van der Waals surface area contributed by atoms with E-state index in [9.17, 15) is 0 Å². The highest BCUT2D eigenvalue weighted by Gasteiger charge is 1.98. The van der Waals surface area contributed by atoms with E-state index in [2.05, 4.69) is 46.8 Å². The van der Waals surface area contributed by atoms with Crippen LogP contribution in [0.3, 0.4) is 0 Å². The zero-order valence-electron chi connectivity index (χ0n) is 12.4. The lowest BCUT2D eigenvalue weighted by atomic mass is 10.1. The lowest BCUT2D eigenvalue weighted by molar-refractivity contribution is 0.116. The van der Waals surface area contributed by atoms with Crippen LogP contribution in [0.15, 0.2) is 43.0 Å². The first kappa shape index (κ1) is 17.5. The summed E-state index contributed by atoms with van der Waals surface area (Å²) in [6.07, 6.45) is 11.0. The molecule has 1 atom stereocenters. The molecular formula is C18H27BrO. The molecule has 0 amide bonds. The highest BCUT2D eigenvalue weighted by molar-refractivity contribution is 9.09. The number of unbranched alkanes of at least 4 members (excludes halogenated alkanes) is 5. The van der Waals surface area contributed by atoms with Gasteiger partial charge in [0, 0.05) is 11.4 Å². The van der Waals surface area contributed by atoms with Crippen LogP contribution in [0.1, 0.15) is 50.5 Å². The molecule has 0 bridgehead atoms. The van der Waals surface area contributed by atoms with Gasteiger partial charge < -0.3 is 4.74 Å². The molecule has 1 unspecified atom stereocenters. The third-order valence-electron chi connectivity index (χ3n) is 3.39. The van der Waals surface area contributed by atoms with Crippen molar-refractivity contribution < 1.29 is 4.74 Å². The van der Waals surface area contributed by atoms with Gasteiger partial charge in [-0.2, -0.15) is 0 Å². The van der Waals surface area contributed by atoms with Gasteiger partial charge in [-0.25, -0.2) is 0 Å². The van der Waals surface area contributed by atoms with Gasteiger partial charge in [0.2, 0.25) is 0 Å². The van der Waals surface area contributed by atoms with Crippen molar-refractivity contribution in [2.75, 3.05) is 6.61 Å². The lowest BCUT2D eigenvalue weighted by Crippen LogP contribution is -1.95. The van der Waals surface area contributed by atoms with Gasteiger partial charge in [-0.15, -0.1) is 6.58 Å². The molecule has 0 fully saturated rings. The second-order valence-corrected chi connectivity index (χ2v) is 6.38. The van der Waals surface area contributed by atoms with Gasteiger partial charge in [0.25, 0.3) is 0 Å². The summed E-state index contributed by atoms with van der Waals surface area (Å²) in [6, 6.07) is 10.4. The molecule has 0 spiro atoms. The molecule has 112 valence electrons. The van der Waals surface area contributed by atoms with Crippen molar-refractivity contribution in [3.8, 4) is 0 Å². The van der Waals surface area contributed by atoms with Crippen molar-refractivity contribution in [2.45, 2.75) is 56.4 Å². The minimum Gasteiger partial charge on any atom is -0.377 e. The van der Waals surface area contributed by atoms with E-state index < -0.39 is 0 Å². The van der Waals surface area contributed by atoms with Crippen molar-refractivity contribution in [2.24, 2.45) is 0 Å². The number of hydrogen-bond donors (Lipinski definition) is 0. The van der Waals surface area contributed by atoms with Gasteiger partial charge in [-0.05, 0) is 18.4 Å². The highest BCUT2D eigenvalue weighted by Crippen LogP contribution is 2.13. The van der Waals surface area contributed by atoms with E-state index in [1.54, 1.807) is 0 Å². The fourth-order valence-electron chi connectivity index (χ4n) is 2.13. The van der Waals surface area contributed by atoms with Crippen molar-refractivity contribution in [1.29, 1.82) is 0 Å². The van der Waals surface area contributed by atoms with Gasteiger partial charge >= 0.3 is 0 Å². The van der Waals surface area contributed by atoms with E-state index in [0.717, 1.165) is 13.2 Å². The molecule has 2 heteroatoms. The summed E-state index contributed by atoms with van der Waals surface area (Å²) in [5, 5.41) is 0. The Labute approximate surface area is 132 Å². The second kappa shape index (κ2) is 12.2. The molecule has 1 aromatic rings. The van der Waals surface area contributed by atoms with Gasteiger partial charge in [-0.1, -0.05) is 84.4 Å². The molecule has 1 rings (SSSR count). The third kappa shape index (κ3) is 9.33. The Balaban J connectivity index is 1.82. The van der Waals surface area contributed by atoms with Crippen LogP contribution in [-0.2, 0) is 11.3 Å². The Bertz CT molecular complexity index is 337. The first-order valence-electron chi connectivity index (χ1n) is 7.71. The molecule has 0 aliphatic carbocycles. The van der Waals surface area contributed by atoms with E-state index in [1.807, 2.05) is 12.1 Å². The zero-order valence-corrected chi connectivity index (χ0v) is 14.0. The molecule has 0 saturated heterocycles. The van der Waals surface area contributed by atoms with E-state index in [-0.39, 0.29) is 0 Å². The summed E-state index contributed by atoms with van der Waals surface area (Å²) in [5.41, 5.74) is 1.26. The Kier molecular flexibility index (Phi) is 10.6. The molecule has 1 nitrogen and oxygen atoms in total. The number of hydrogen-bond acceptors (Lipinski definition) is 1. The van der Waals surface area contributed by atoms with Crippen LogP contribution in [0.25, 0.3) is 0 Å². The summed E-state index contributed by atoms with van der Waals surface area (Å²) in [4.78, 5) is 0.494. The fraction of sp³-hybridized carbons (Fsp3) is 0.556. The van der Waals surface area contributed by atoms with Gasteiger partial charge in [0.1, 0.15) is 0 Å². The minimum atomic E-state index is 0.494. The number of benzene rings is 1. The summed E-state index contributed by atoms with van der Waals surface area (Å²) in [6.45, 7) is 5.41. The Morgan fingerprint density at radius 1 is 1.00 bits per heavy atom. The zero-order chi connectivity index (χ0) is 14.5. The molecule has 0 N–H and O–H groups in total. The topological polar surface area (TPSA) is 9.23 Å². The summed E-state index contributed by atoms with van der Waals surface area (Å²) in [7, 11) is 0. The van der Waals surface area contributed by atoms with E-state index in [4.69, 9.17) is 4.74 Å². The first-order chi connectivity index (χ1) is 9.83. The number of rotatable bonds is 12. The first-order valence-corrected chi connectivity index (χ1v) is 8.63. The van der Waals surface area contributed by atoms with E-state index >= 15 is 0 Å². The maximum absolute atomic E-state index is 5.68. The number of ether oxygens (including phenoxy) is 1. The molecule has 20 heavy (non-hydrogen) atoms. The number of halogens is 1. The van der Waals surface area contributed by atoms with Crippen LogP contribution >= 0.6 is 15.9 Å². The predicted octanol–water partition coefficient (Wildman–Crippen LogP) is 5.88. The number of allylic oxidation sites excluding steroid dienone is 1. The molecule has 0 aliphatic rings. The van der Waals surface area contributed by atoms with Gasteiger partial charge in [-0.3, -0.25) is 0 Å². The third-order valence-corrected chi connectivity index (χ3v) is 4.22. The largest absolute Gasteiger partial charge is 0.377 e. The van der Waals surface area contributed by atoms with Crippen LogP contribution in [0.4, 0.5) is 0 Å². The maximum Gasteiger partial charge on any atom is 0.0716 e. The Hall–Kier alpha value is -0.600. The van der Waals surface area contributed by atoms with Crippen LogP contribution in [0.5, 0.6) is 0 Å². The van der Waals surface area contributed by atoms with Crippen LogP contribution < -0.4 is 0 Å². The SMILES string of the molecule is C=CC(Br)CCCCCCCCOCc1ccccc1. The van der Waals surface area contributed by atoms with Gasteiger partial charge in [0.15, 0.2) is 0 Å². The fourth-order valence-corrected chi connectivity index (χ4v) is 2.46. The van der Waals surface area contributed by atoms with Crippen LogP contribution in [0, 0.1) is 0 Å². The van der Waals surface area contributed by atoms with Crippen molar-refractivity contribution in [3.63, 3.8) is 0 Å². The average Bonchev–Trinajstić information content (AvgIpc) is 2.50. The average molecular weight is 339 g/mol. The monoisotopic (exact) mass is 338 g/mol. The van der Waals surface area contributed by atoms with Crippen molar-refractivity contribution in [3.05, 3.63) is 48.6 Å². The quantitative estimate of drug-likeness (QED) is 0.262. The molecule has 0 saturated carbocycles. The van der Waals surface area contributed by atoms with E-state index in [0.29, 0.717) is 4.83 Å². The summed E-state index contributed by atoms with van der Waals surface area (Å²) >= 11 is 3.57. The van der Waals surface area contributed by atoms with Crippen molar-refractivity contribution in [1.82, 2.24) is 0 Å². The molecular weight excluding hydrogens is 312 g/mol. The number of alkyl halides is 1. The van der Waals surface area contributed by atoms with Crippen LogP contribution in [0.2, 0.25) is 0 Å². The van der Waals surface area contributed by atoms with Crippen molar-refractivity contribution >= 4 is 15.9 Å². The lowest BCUT2D eigenvalue weighted by Gasteiger charge is -2.05. The Morgan fingerprint density at radius 2 is 1.65 bits per heavy atom. The standard InChI is InChI=1S/C18H27BrO/c1-2-18(19)14-10-5-3-4-6-11-15-20-16-17-12-8-7-9-13-17/h2,7-9,12-13,18H,1,3-6,10-11,14-16H2. The maximum atomic E-state index is 5.68. The summed E-state index contributed by atoms with van der Waals surface area (Å²) in [5.74, 6) is 0. The molecule has 0 heterocycles. The van der Waals surface area contributed by atoms with E-state index in [1.165, 1.54) is 50.5 Å². The second-order valence-electron chi connectivity index (χ2n) is 5.20.